The van der Waals surface area contributed by atoms with Crippen molar-refractivity contribution in [1.82, 2.24) is 0 Å². The van der Waals surface area contributed by atoms with Gasteiger partial charge in [0.15, 0.2) is 0 Å². The summed E-state index contributed by atoms with van der Waals surface area (Å²) >= 11 is 15.7. The Kier molecular flexibility index (Phi) is 12.3. The van der Waals surface area contributed by atoms with Crippen molar-refractivity contribution < 1.29 is 23.0 Å². The van der Waals surface area contributed by atoms with E-state index < -0.39 is 18.2 Å². The highest BCUT2D eigenvalue weighted by atomic mass is 35.6. The van der Waals surface area contributed by atoms with E-state index in [0.29, 0.717) is 0 Å². The minimum absolute atomic E-state index is 0.0133. The van der Waals surface area contributed by atoms with E-state index in [1.165, 1.54) is 31.0 Å². The lowest BCUT2D eigenvalue weighted by atomic mass is 10.4. The summed E-state index contributed by atoms with van der Waals surface area (Å²) in [5, 5.41) is 0. The maximum Gasteiger partial charge on any atom is 0.268 e. The first-order valence-electron chi connectivity index (χ1n) is 6.45. The van der Waals surface area contributed by atoms with E-state index in [9.17, 15) is 9.46 Å². The van der Waals surface area contributed by atoms with Gasteiger partial charge in [-0.15, -0.1) is 0 Å². The summed E-state index contributed by atoms with van der Waals surface area (Å²) in [6, 6.07) is 0. The summed E-state index contributed by atoms with van der Waals surface area (Å²) in [5.74, 6) is 0. The molecule has 0 aromatic heterocycles. The van der Waals surface area contributed by atoms with Gasteiger partial charge in [0.1, 0.15) is 6.61 Å². The molecule has 0 bridgehead atoms. The molecule has 9 heteroatoms. The highest BCUT2D eigenvalue weighted by Gasteiger charge is 2.23. The molecule has 0 aromatic rings. The quantitative estimate of drug-likeness (QED) is 0.390. The fourth-order valence-corrected chi connectivity index (χ4v) is 2.15. The Morgan fingerprint density at radius 3 is 1.65 bits per heavy atom. The van der Waals surface area contributed by atoms with Gasteiger partial charge in [0.2, 0.25) is 3.79 Å². The van der Waals surface area contributed by atoms with E-state index in [0.717, 1.165) is 0 Å². The van der Waals surface area contributed by atoms with Gasteiger partial charge in [-0.05, 0) is 27.7 Å². The van der Waals surface area contributed by atoms with Crippen LogP contribution in [0.4, 0.5) is 0 Å². The minimum Gasteiger partial charge on any atom is -0.756 e. The number of hydrogen-bond donors (Lipinski definition) is 0. The second-order valence-electron chi connectivity index (χ2n) is 4.32. The molecule has 0 radical (unpaired) electrons. The van der Waals surface area contributed by atoms with Crippen LogP contribution in [-0.2, 0) is 13.6 Å². The largest absolute Gasteiger partial charge is 0.756 e. The van der Waals surface area contributed by atoms with Crippen LogP contribution in [0.3, 0.4) is 0 Å². The number of hydrogen-bond acceptors (Lipinski definition) is 4. The van der Waals surface area contributed by atoms with Crippen molar-refractivity contribution in [2.24, 2.45) is 0 Å². The second kappa shape index (κ2) is 10.6. The maximum absolute atomic E-state index is 10.7. The molecule has 0 heterocycles. The predicted molar refractivity (Wildman–Crippen MR) is 83.3 cm³/mol. The lowest BCUT2D eigenvalue weighted by molar-refractivity contribution is -0.904. The van der Waals surface area contributed by atoms with Gasteiger partial charge in [0.05, 0.1) is 33.3 Å². The van der Waals surface area contributed by atoms with Crippen molar-refractivity contribution in [3.05, 3.63) is 0 Å². The van der Waals surface area contributed by atoms with Gasteiger partial charge in [-0.25, -0.2) is 0 Å². The van der Waals surface area contributed by atoms with E-state index in [4.69, 9.17) is 34.8 Å². The van der Waals surface area contributed by atoms with Crippen molar-refractivity contribution in [2.75, 3.05) is 39.9 Å². The van der Waals surface area contributed by atoms with Crippen LogP contribution in [0.15, 0.2) is 0 Å². The number of halogens is 3. The fourth-order valence-electron chi connectivity index (χ4n) is 1.02. The second-order valence-corrected chi connectivity index (χ2v) is 8.25. The van der Waals surface area contributed by atoms with Gasteiger partial charge in [-0.2, -0.15) is 0 Å². The Balaban J connectivity index is 0. The molecule has 0 saturated carbocycles. The van der Waals surface area contributed by atoms with Crippen molar-refractivity contribution >= 4 is 42.6 Å². The SMILES string of the molecule is CCOP(=O)([O-])OCC(Cl)(Cl)Cl.CC[N+](C)(CC)CC. The van der Waals surface area contributed by atoms with Crippen molar-refractivity contribution in [3.63, 3.8) is 0 Å². The highest BCUT2D eigenvalue weighted by Crippen LogP contribution is 2.41. The molecule has 0 aliphatic heterocycles. The van der Waals surface area contributed by atoms with Gasteiger partial charge in [-0.1, -0.05) is 34.8 Å². The number of phosphoric acid groups is 1. The summed E-state index contributed by atoms with van der Waals surface area (Å²) < 4.78 is 18.6. The Hall–Kier alpha value is 0.940. The standard InChI is InChI=1S/C7H18N.C4H8Cl3O4P/c1-5-8(4,6-2)7-3;1-2-10-12(8,9)11-3-4(5,6)7/h5-7H2,1-4H3;2-3H2,1H3,(H,8,9)/q+1;/p-1. The van der Waals surface area contributed by atoms with Crippen LogP contribution in [0, 0.1) is 0 Å². The first-order valence-corrected chi connectivity index (χ1v) is 9.05. The number of quaternary nitrogens is 1. The van der Waals surface area contributed by atoms with Gasteiger partial charge in [0, 0.05) is 0 Å². The zero-order valence-corrected chi connectivity index (χ0v) is 15.9. The molecule has 0 N–H and O–H groups in total. The van der Waals surface area contributed by atoms with E-state index >= 15 is 0 Å². The number of rotatable bonds is 7. The average Bonchev–Trinajstić information content (AvgIpc) is 2.36. The Labute approximate surface area is 137 Å². The zero-order valence-electron chi connectivity index (χ0n) is 12.7. The Bertz CT molecular complexity index is 288. The van der Waals surface area contributed by atoms with Crippen LogP contribution in [0.5, 0.6) is 0 Å². The number of nitrogens with zero attached hydrogens (tertiary/aromatic N) is 1. The van der Waals surface area contributed by atoms with Crippen LogP contribution >= 0.6 is 42.6 Å². The summed E-state index contributed by atoms with van der Waals surface area (Å²) in [6.45, 7) is 11.4. The third-order valence-electron chi connectivity index (χ3n) is 2.96. The molecule has 0 aromatic carbocycles. The molecule has 1 atom stereocenters. The molecular weight excluding hydrogens is 347 g/mol. The molecule has 20 heavy (non-hydrogen) atoms. The van der Waals surface area contributed by atoms with Crippen LogP contribution in [-0.4, -0.2) is 48.2 Å². The molecular formula is C11H25Cl3NO4P. The van der Waals surface area contributed by atoms with Crippen LogP contribution < -0.4 is 4.89 Å². The zero-order chi connectivity index (χ0) is 16.4. The molecule has 0 aliphatic carbocycles. The normalized spacial score (nSPS) is 15.2. The number of alkyl halides is 3. The Morgan fingerprint density at radius 1 is 1.05 bits per heavy atom. The fraction of sp³-hybridized carbons (Fsp3) is 1.00. The predicted octanol–water partition coefficient (Wildman–Crippen LogP) is 3.37. The Morgan fingerprint density at radius 2 is 1.45 bits per heavy atom. The first-order chi connectivity index (χ1) is 8.95. The molecule has 0 saturated heterocycles. The van der Waals surface area contributed by atoms with E-state index in [1.807, 2.05) is 0 Å². The molecule has 5 nitrogen and oxygen atoms in total. The lowest BCUT2D eigenvalue weighted by Crippen LogP contribution is -2.42. The summed E-state index contributed by atoms with van der Waals surface area (Å²) in [7, 11) is -2.00. The third-order valence-corrected chi connectivity index (χ3v) is 4.31. The third kappa shape index (κ3) is 13.9. The van der Waals surface area contributed by atoms with Gasteiger partial charge in [0.25, 0.3) is 7.82 Å². The monoisotopic (exact) mass is 371 g/mol. The van der Waals surface area contributed by atoms with E-state index in [2.05, 4.69) is 36.9 Å². The minimum atomic E-state index is -4.29. The van der Waals surface area contributed by atoms with Crippen molar-refractivity contribution in [2.45, 2.75) is 31.5 Å². The first kappa shape index (κ1) is 23.2. The van der Waals surface area contributed by atoms with Crippen LogP contribution in [0.25, 0.3) is 0 Å². The number of phosphoric ester groups is 1. The van der Waals surface area contributed by atoms with E-state index in [1.54, 1.807) is 0 Å². The van der Waals surface area contributed by atoms with Gasteiger partial charge >= 0.3 is 0 Å². The summed E-state index contributed by atoms with van der Waals surface area (Å²) in [6.07, 6.45) is 0. The molecule has 0 fully saturated rings. The molecule has 0 aliphatic rings. The maximum atomic E-state index is 10.7. The van der Waals surface area contributed by atoms with E-state index in [-0.39, 0.29) is 6.61 Å². The summed E-state index contributed by atoms with van der Waals surface area (Å²) in [4.78, 5) is 10.7. The van der Waals surface area contributed by atoms with Gasteiger partial charge in [-0.3, -0.25) is 4.57 Å². The molecule has 0 amide bonds. The summed E-state index contributed by atoms with van der Waals surface area (Å²) in [5.41, 5.74) is 0. The van der Waals surface area contributed by atoms with Crippen molar-refractivity contribution in [1.29, 1.82) is 0 Å². The highest BCUT2D eigenvalue weighted by molar-refractivity contribution is 7.45. The van der Waals surface area contributed by atoms with Crippen LogP contribution in [0.2, 0.25) is 0 Å². The average molecular weight is 373 g/mol. The van der Waals surface area contributed by atoms with Crippen LogP contribution in [0.1, 0.15) is 27.7 Å². The molecule has 0 rings (SSSR count). The molecule has 0 spiro atoms. The van der Waals surface area contributed by atoms with Crippen molar-refractivity contribution in [3.8, 4) is 0 Å². The topological polar surface area (TPSA) is 58.6 Å². The molecule has 124 valence electrons. The smallest absolute Gasteiger partial charge is 0.268 e. The lowest BCUT2D eigenvalue weighted by Gasteiger charge is -2.30. The molecule has 1 unspecified atom stereocenters. The van der Waals surface area contributed by atoms with Gasteiger partial charge < -0.3 is 18.4 Å².